The van der Waals surface area contributed by atoms with Gasteiger partial charge in [-0.05, 0) is 30.8 Å². The maximum Gasteiger partial charge on any atom is 0.416 e. The molecule has 1 unspecified atom stereocenters. The number of anilines is 1. The van der Waals surface area contributed by atoms with Crippen LogP contribution in [-0.4, -0.2) is 67.3 Å². The summed E-state index contributed by atoms with van der Waals surface area (Å²) < 4.78 is 38.8. The van der Waals surface area contributed by atoms with Crippen molar-refractivity contribution in [3.63, 3.8) is 0 Å². The van der Waals surface area contributed by atoms with Gasteiger partial charge in [0.2, 0.25) is 0 Å². The number of likely N-dealkylation sites (N-methyl/N-ethyl adjacent to an activating group) is 1. The van der Waals surface area contributed by atoms with Crippen LogP contribution in [0.3, 0.4) is 0 Å². The summed E-state index contributed by atoms with van der Waals surface area (Å²) in [5, 5.41) is 10.4. The van der Waals surface area contributed by atoms with Crippen LogP contribution in [0.1, 0.15) is 11.1 Å². The molecule has 158 valence electrons. The van der Waals surface area contributed by atoms with Crippen molar-refractivity contribution in [1.29, 1.82) is 0 Å². The van der Waals surface area contributed by atoms with Crippen molar-refractivity contribution < 1.29 is 18.3 Å². The summed E-state index contributed by atoms with van der Waals surface area (Å²) in [7, 11) is 1.99. The maximum atomic E-state index is 12.9. The van der Waals surface area contributed by atoms with Crippen LogP contribution >= 0.6 is 0 Å². The lowest BCUT2D eigenvalue weighted by Crippen LogP contribution is -2.49. The summed E-state index contributed by atoms with van der Waals surface area (Å²) >= 11 is 0. The van der Waals surface area contributed by atoms with Gasteiger partial charge in [-0.2, -0.15) is 13.2 Å². The molecule has 7 heteroatoms. The molecule has 1 heterocycles. The summed E-state index contributed by atoms with van der Waals surface area (Å²) in [5.41, 5.74) is 1.19. The van der Waals surface area contributed by atoms with Gasteiger partial charge in [-0.25, -0.2) is 0 Å². The Hall–Kier alpha value is -2.09. The van der Waals surface area contributed by atoms with Crippen molar-refractivity contribution >= 4 is 5.69 Å². The predicted octanol–water partition coefficient (Wildman–Crippen LogP) is 3.32. The van der Waals surface area contributed by atoms with E-state index in [9.17, 15) is 18.3 Å². The lowest BCUT2D eigenvalue weighted by atomic mass is 10.1. The van der Waals surface area contributed by atoms with Crippen molar-refractivity contribution in [2.75, 3.05) is 51.2 Å². The highest BCUT2D eigenvalue weighted by Gasteiger charge is 2.31. The van der Waals surface area contributed by atoms with Crippen molar-refractivity contribution in [3.05, 3.63) is 65.7 Å². The van der Waals surface area contributed by atoms with Gasteiger partial charge in [0.1, 0.15) is 0 Å². The Morgan fingerprint density at radius 1 is 1.00 bits per heavy atom. The third-order valence-corrected chi connectivity index (χ3v) is 5.20. The first-order valence-electron chi connectivity index (χ1n) is 9.86. The smallest absolute Gasteiger partial charge is 0.390 e. The summed E-state index contributed by atoms with van der Waals surface area (Å²) in [4.78, 5) is 6.24. The molecule has 0 aromatic heterocycles. The molecule has 2 aromatic rings. The molecule has 1 N–H and O–H groups in total. The standard InChI is InChI=1S/C22H28F3N3O/c1-26(15-18-6-3-2-4-7-18)16-21(29)17-27-10-12-28(13-11-27)20-9-5-8-19(14-20)22(23,24)25/h2-9,14,21,29H,10-13,15-17H2,1H3. The topological polar surface area (TPSA) is 30.0 Å². The van der Waals surface area contributed by atoms with E-state index in [2.05, 4.69) is 21.9 Å². The van der Waals surface area contributed by atoms with E-state index in [4.69, 9.17) is 0 Å². The summed E-state index contributed by atoms with van der Waals surface area (Å²) in [6.07, 6.45) is -4.79. The molecule has 1 atom stereocenters. The number of nitrogens with zero attached hydrogens (tertiary/aromatic N) is 3. The number of piperazine rings is 1. The normalized spacial score (nSPS) is 17.0. The largest absolute Gasteiger partial charge is 0.416 e. The monoisotopic (exact) mass is 407 g/mol. The highest BCUT2D eigenvalue weighted by molar-refractivity contribution is 5.49. The van der Waals surface area contributed by atoms with Crippen molar-refractivity contribution in [1.82, 2.24) is 9.80 Å². The van der Waals surface area contributed by atoms with Gasteiger partial charge < -0.3 is 10.0 Å². The van der Waals surface area contributed by atoms with Crippen LogP contribution in [0.15, 0.2) is 54.6 Å². The molecule has 0 aliphatic carbocycles. The second-order valence-electron chi connectivity index (χ2n) is 7.67. The number of β-amino-alcohol motifs (C(OH)–C–C–N with tert-alkyl or cyclic N) is 1. The lowest BCUT2D eigenvalue weighted by Gasteiger charge is -2.37. The van der Waals surface area contributed by atoms with Gasteiger partial charge in [0.25, 0.3) is 0 Å². The quantitative estimate of drug-likeness (QED) is 0.763. The SMILES string of the molecule is CN(Cc1ccccc1)CC(O)CN1CCN(c2cccc(C(F)(F)F)c2)CC1. The van der Waals surface area contributed by atoms with Gasteiger partial charge >= 0.3 is 6.18 Å². The van der Waals surface area contributed by atoms with E-state index < -0.39 is 17.8 Å². The van der Waals surface area contributed by atoms with E-state index in [1.807, 2.05) is 30.1 Å². The number of aliphatic hydroxyl groups excluding tert-OH is 1. The van der Waals surface area contributed by atoms with E-state index in [0.717, 1.165) is 25.7 Å². The number of aliphatic hydroxyl groups is 1. The van der Waals surface area contributed by atoms with E-state index in [-0.39, 0.29) is 0 Å². The van der Waals surface area contributed by atoms with E-state index in [1.54, 1.807) is 6.07 Å². The van der Waals surface area contributed by atoms with Gasteiger partial charge in [-0.1, -0.05) is 36.4 Å². The minimum Gasteiger partial charge on any atom is -0.390 e. The molecule has 1 saturated heterocycles. The minimum atomic E-state index is -4.33. The van der Waals surface area contributed by atoms with Crippen LogP contribution in [0.2, 0.25) is 0 Å². The molecule has 0 radical (unpaired) electrons. The molecule has 3 rings (SSSR count). The molecule has 1 aliphatic rings. The number of hydrogen-bond acceptors (Lipinski definition) is 4. The first-order valence-corrected chi connectivity index (χ1v) is 9.86. The number of alkyl halides is 3. The molecule has 0 spiro atoms. The summed E-state index contributed by atoms with van der Waals surface area (Å²) in [6, 6.07) is 15.6. The average Bonchev–Trinajstić information content (AvgIpc) is 2.68. The fraction of sp³-hybridized carbons (Fsp3) is 0.455. The Labute approximate surface area is 170 Å². The average molecular weight is 407 g/mol. The summed E-state index contributed by atoms with van der Waals surface area (Å²) in [5.74, 6) is 0. The van der Waals surface area contributed by atoms with Gasteiger partial charge in [0.15, 0.2) is 0 Å². The number of benzene rings is 2. The molecule has 1 fully saturated rings. The Kier molecular flexibility index (Phi) is 7.16. The molecule has 29 heavy (non-hydrogen) atoms. The van der Waals surface area contributed by atoms with Crippen LogP contribution in [0, 0.1) is 0 Å². The lowest BCUT2D eigenvalue weighted by molar-refractivity contribution is -0.137. The highest BCUT2D eigenvalue weighted by Crippen LogP contribution is 2.31. The Balaban J connectivity index is 1.45. The Bertz CT molecular complexity index is 761. The molecule has 4 nitrogen and oxygen atoms in total. The molecule has 0 bridgehead atoms. The van der Waals surface area contributed by atoms with E-state index in [1.165, 1.54) is 17.7 Å². The molecule has 2 aromatic carbocycles. The van der Waals surface area contributed by atoms with E-state index >= 15 is 0 Å². The first kappa shape index (κ1) is 21.6. The zero-order chi connectivity index (χ0) is 20.9. The molecule has 1 aliphatic heterocycles. The second-order valence-corrected chi connectivity index (χ2v) is 7.67. The molecular weight excluding hydrogens is 379 g/mol. The molecular formula is C22H28F3N3O. The van der Waals surface area contributed by atoms with Gasteiger partial charge in [0.05, 0.1) is 11.7 Å². The number of halogens is 3. The number of rotatable bonds is 7. The highest BCUT2D eigenvalue weighted by atomic mass is 19.4. The zero-order valence-corrected chi connectivity index (χ0v) is 16.6. The van der Waals surface area contributed by atoms with E-state index in [0.29, 0.717) is 31.9 Å². The first-order chi connectivity index (χ1) is 13.8. The Morgan fingerprint density at radius 3 is 2.34 bits per heavy atom. The van der Waals surface area contributed by atoms with Crippen LogP contribution in [-0.2, 0) is 12.7 Å². The number of hydrogen-bond donors (Lipinski definition) is 1. The Morgan fingerprint density at radius 2 is 1.69 bits per heavy atom. The maximum absolute atomic E-state index is 12.9. The van der Waals surface area contributed by atoms with Gasteiger partial charge in [-0.15, -0.1) is 0 Å². The van der Waals surface area contributed by atoms with Crippen molar-refractivity contribution in [2.45, 2.75) is 18.8 Å². The molecule has 0 amide bonds. The van der Waals surface area contributed by atoms with Crippen LogP contribution in [0.5, 0.6) is 0 Å². The third-order valence-electron chi connectivity index (χ3n) is 5.20. The van der Waals surface area contributed by atoms with Crippen molar-refractivity contribution in [3.8, 4) is 0 Å². The van der Waals surface area contributed by atoms with Gasteiger partial charge in [-0.3, -0.25) is 9.80 Å². The van der Waals surface area contributed by atoms with Crippen LogP contribution in [0.25, 0.3) is 0 Å². The third kappa shape index (κ3) is 6.45. The zero-order valence-electron chi connectivity index (χ0n) is 16.6. The minimum absolute atomic E-state index is 0.469. The van der Waals surface area contributed by atoms with Crippen LogP contribution in [0.4, 0.5) is 18.9 Å². The van der Waals surface area contributed by atoms with Crippen molar-refractivity contribution in [2.24, 2.45) is 0 Å². The fourth-order valence-electron chi connectivity index (χ4n) is 3.74. The van der Waals surface area contributed by atoms with Gasteiger partial charge in [0, 0.05) is 51.5 Å². The molecule has 0 saturated carbocycles. The predicted molar refractivity (Wildman–Crippen MR) is 109 cm³/mol. The second kappa shape index (κ2) is 9.61. The van der Waals surface area contributed by atoms with Crippen LogP contribution < -0.4 is 4.90 Å². The summed E-state index contributed by atoms with van der Waals surface area (Å²) in [6.45, 7) is 4.65. The fourth-order valence-corrected chi connectivity index (χ4v) is 3.74.